The van der Waals surface area contributed by atoms with Crippen molar-refractivity contribution >= 4 is 39.1 Å². The Morgan fingerprint density at radius 2 is 2.14 bits per heavy atom. The van der Waals surface area contributed by atoms with Gasteiger partial charge in [-0.3, -0.25) is 4.79 Å². The minimum Gasteiger partial charge on any atom is -0.268 e. The molecule has 1 aromatic carbocycles. The molecule has 0 aliphatic carbocycles. The highest BCUT2D eigenvalue weighted by atomic mass is 79.9. The zero-order chi connectivity index (χ0) is 10.1. The lowest BCUT2D eigenvalue weighted by molar-refractivity contribution is 1.13. The predicted molar refractivity (Wildman–Crippen MR) is 62.6 cm³/mol. The number of rotatable bonds is 1. The van der Waals surface area contributed by atoms with E-state index in [9.17, 15) is 4.79 Å². The van der Waals surface area contributed by atoms with E-state index >= 15 is 0 Å². The number of aromatic nitrogens is 1. The van der Waals surface area contributed by atoms with Crippen LogP contribution in [0.2, 0.25) is 4.34 Å². The second kappa shape index (κ2) is 3.88. The molecule has 0 saturated heterocycles. The van der Waals surface area contributed by atoms with Crippen LogP contribution in [-0.2, 0) is 0 Å². The highest BCUT2D eigenvalue weighted by Crippen LogP contribution is 2.19. The topological polar surface area (TPSA) is 22.0 Å². The highest BCUT2D eigenvalue weighted by Gasteiger charge is 2.04. The van der Waals surface area contributed by atoms with E-state index in [1.807, 2.05) is 24.3 Å². The zero-order valence-corrected chi connectivity index (χ0v) is 10.1. The summed E-state index contributed by atoms with van der Waals surface area (Å²) in [6.07, 6.45) is 0. The summed E-state index contributed by atoms with van der Waals surface area (Å²) in [4.78, 5) is 11.4. The van der Waals surface area contributed by atoms with Gasteiger partial charge < -0.3 is 0 Å². The first-order valence-electron chi connectivity index (χ1n) is 3.81. The van der Waals surface area contributed by atoms with Crippen molar-refractivity contribution < 1.29 is 0 Å². The predicted octanol–water partition coefficient (Wildman–Crippen LogP) is 3.31. The third-order valence-electron chi connectivity index (χ3n) is 1.66. The van der Waals surface area contributed by atoms with E-state index in [1.165, 1.54) is 17.6 Å². The lowest BCUT2D eigenvalue weighted by Gasteiger charge is -1.99. The summed E-state index contributed by atoms with van der Waals surface area (Å²) < 4.78 is 2.98. The molecular weight excluding hydrogens is 286 g/mol. The molecule has 0 amide bonds. The molecule has 0 aliphatic heterocycles. The molecular formula is C9H5BrClNOS. The van der Waals surface area contributed by atoms with Crippen molar-refractivity contribution in [3.8, 4) is 5.69 Å². The molecule has 0 unspecified atom stereocenters. The normalized spacial score (nSPS) is 10.4. The Morgan fingerprint density at radius 1 is 1.36 bits per heavy atom. The molecule has 2 nitrogen and oxygen atoms in total. The van der Waals surface area contributed by atoms with Gasteiger partial charge in [0.25, 0.3) is 5.56 Å². The molecule has 5 heteroatoms. The van der Waals surface area contributed by atoms with Crippen LogP contribution in [0.1, 0.15) is 0 Å². The van der Waals surface area contributed by atoms with Crippen LogP contribution in [0.25, 0.3) is 5.69 Å². The molecule has 2 rings (SSSR count). The Labute approximate surface area is 98.0 Å². The number of halogens is 2. The fourth-order valence-electron chi connectivity index (χ4n) is 1.10. The number of hydrogen-bond donors (Lipinski definition) is 0. The van der Waals surface area contributed by atoms with Gasteiger partial charge in [0, 0.05) is 10.5 Å². The van der Waals surface area contributed by atoms with Crippen LogP contribution < -0.4 is 5.56 Å². The van der Waals surface area contributed by atoms with Gasteiger partial charge >= 0.3 is 0 Å². The third-order valence-corrected chi connectivity index (χ3v) is 3.33. The van der Waals surface area contributed by atoms with Crippen molar-refractivity contribution in [2.24, 2.45) is 0 Å². The van der Waals surface area contributed by atoms with Crippen molar-refractivity contribution in [3.05, 3.63) is 49.5 Å². The second-order valence-corrected chi connectivity index (χ2v) is 5.19. The van der Waals surface area contributed by atoms with E-state index < -0.39 is 0 Å². The summed E-state index contributed by atoms with van der Waals surface area (Å²) in [5.74, 6) is 0. The Balaban J connectivity index is 2.60. The molecule has 0 bridgehead atoms. The fraction of sp³-hybridized carbons (Fsp3) is 0. The summed E-state index contributed by atoms with van der Waals surface area (Å²) in [7, 11) is 0. The van der Waals surface area contributed by atoms with Crippen LogP contribution in [-0.4, -0.2) is 3.96 Å². The summed E-state index contributed by atoms with van der Waals surface area (Å²) in [5, 5.41) is 0. The highest BCUT2D eigenvalue weighted by molar-refractivity contribution is 9.10. The molecule has 14 heavy (non-hydrogen) atoms. The van der Waals surface area contributed by atoms with E-state index in [0.717, 1.165) is 10.2 Å². The Hall–Kier alpha value is -0.580. The van der Waals surface area contributed by atoms with Crippen LogP contribution in [0.15, 0.2) is 39.6 Å². The Morgan fingerprint density at radius 3 is 2.71 bits per heavy atom. The van der Waals surface area contributed by atoms with E-state index in [1.54, 1.807) is 3.96 Å². The van der Waals surface area contributed by atoms with Gasteiger partial charge in [0.05, 0.1) is 5.69 Å². The van der Waals surface area contributed by atoms with Gasteiger partial charge in [0.2, 0.25) is 0 Å². The lowest BCUT2D eigenvalue weighted by Crippen LogP contribution is -2.08. The average Bonchev–Trinajstić information content (AvgIpc) is 2.45. The van der Waals surface area contributed by atoms with E-state index in [-0.39, 0.29) is 5.56 Å². The molecule has 2 aromatic rings. The first-order valence-corrected chi connectivity index (χ1v) is 5.76. The van der Waals surface area contributed by atoms with E-state index in [4.69, 9.17) is 11.6 Å². The maximum Gasteiger partial charge on any atom is 0.266 e. The second-order valence-electron chi connectivity index (χ2n) is 2.65. The van der Waals surface area contributed by atoms with Gasteiger partial charge in [-0.15, -0.1) is 0 Å². The lowest BCUT2D eigenvalue weighted by atomic mass is 10.3. The van der Waals surface area contributed by atoms with Crippen LogP contribution in [0, 0.1) is 0 Å². The number of benzene rings is 1. The van der Waals surface area contributed by atoms with Gasteiger partial charge in [-0.25, -0.2) is 3.96 Å². The molecule has 0 fully saturated rings. The van der Waals surface area contributed by atoms with Crippen molar-refractivity contribution in [1.82, 2.24) is 3.96 Å². The maximum atomic E-state index is 11.4. The van der Waals surface area contributed by atoms with Gasteiger partial charge in [0.1, 0.15) is 4.34 Å². The van der Waals surface area contributed by atoms with E-state index in [2.05, 4.69) is 15.9 Å². The summed E-state index contributed by atoms with van der Waals surface area (Å²) >= 11 is 10.3. The van der Waals surface area contributed by atoms with E-state index in [0.29, 0.717) is 4.34 Å². The molecule has 1 heterocycles. The molecule has 0 aliphatic rings. The molecule has 0 N–H and O–H groups in total. The van der Waals surface area contributed by atoms with Crippen LogP contribution in [0.3, 0.4) is 0 Å². The Kier molecular flexibility index (Phi) is 2.76. The third kappa shape index (κ3) is 1.92. The monoisotopic (exact) mass is 289 g/mol. The summed E-state index contributed by atoms with van der Waals surface area (Å²) in [6.45, 7) is 0. The fourth-order valence-corrected chi connectivity index (χ4v) is 2.47. The first-order chi connectivity index (χ1) is 6.66. The van der Waals surface area contributed by atoms with Crippen LogP contribution in [0.4, 0.5) is 0 Å². The van der Waals surface area contributed by atoms with Gasteiger partial charge in [0.15, 0.2) is 0 Å². The van der Waals surface area contributed by atoms with Gasteiger partial charge in [-0.1, -0.05) is 33.6 Å². The van der Waals surface area contributed by atoms with Gasteiger partial charge in [-0.2, -0.15) is 0 Å². The minimum absolute atomic E-state index is 0.0990. The Bertz CT molecular complexity index is 520. The van der Waals surface area contributed by atoms with Crippen molar-refractivity contribution in [3.63, 3.8) is 0 Å². The van der Waals surface area contributed by atoms with Crippen molar-refractivity contribution in [2.45, 2.75) is 0 Å². The smallest absolute Gasteiger partial charge is 0.266 e. The average molecular weight is 291 g/mol. The van der Waals surface area contributed by atoms with Crippen LogP contribution in [0.5, 0.6) is 0 Å². The first kappa shape index (κ1) is 9.96. The molecule has 0 spiro atoms. The SMILES string of the molecule is O=c1cc(Cl)sn1-c1cccc(Br)c1. The standard InChI is InChI=1S/C9H5BrClNOS/c10-6-2-1-3-7(4-6)12-9(13)5-8(11)14-12/h1-5H. The van der Waals surface area contributed by atoms with Gasteiger partial charge in [-0.05, 0) is 29.7 Å². The quantitative estimate of drug-likeness (QED) is 0.790. The molecule has 0 saturated carbocycles. The largest absolute Gasteiger partial charge is 0.268 e. The molecule has 1 aromatic heterocycles. The summed E-state index contributed by atoms with van der Waals surface area (Å²) in [6, 6.07) is 8.92. The molecule has 0 atom stereocenters. The summed E-state index contributed by atoms with van der Waals surface area (Å²) in [5.41, 5.74) is 0.722. The number of hydrogen-bond acceptors (Lipinski definition) is 2. The zero-order valence-electron chi connectivity index (χ0n) is 6.91. The number of nitrogens with zero attached hydrogens (tertiary/aromatic N) is 1. The van der Waals surface area contributed by atoms with Crippen LogP contribution >= 0.6 is 39.1 Å². The van der Waals surface area contributed by atoms with Crippen molar-refractivity contribution in [2.75, 3.05) is 0 Å². The van der Waals surface area contributed by atoms with Crippen molar-refractivity contribution in [1.29, 1.82) is 0 Å². The minimum atomic E-state index is -0.0990. The molecule has 0 radical (unpaired) electrons. The molecule has 72 valence electrons. The maximum absolute atomic E-state index is 11.4.